The van der Waals surface area contributed by atoms with Gasteiger partial charge in [-0.15, -0.1) is 0 Å². The van der Waals surface area contributed by atoms with Crippen molar-refractivity contribution >= 4 is 16.7 Å². The number of aryl methyl sites for hydroxylation is 1. The number of hydrogen-bond donors (Lipinski definition) is 1. The average molecular weight is 289 g/mol. The number of rotatable bonds is 7. The molecule has 0 aliphatic rings. The number of carbonyl (C=O) groups is 1. The molecule has 2 aromatic rings. The number of fused-ring (bicyclic) bond motifs is 1. The topological polar surface area (TPSA) is 68.5 Å². The first kappa shape index (κ1) is 15.1. The largest absolute Gasteiger partial charge is 0.494 e. The summed E-state index contributed by atoms with van der Waals surface area (Å²) in [6.45, 7) is 3.04. The highest BCUT2D eigenvalue weighted by Gasteiger charge is 2.05. The van der Waals surface area contributed by atoms with Gasteiger partial charge in [-0.1, -0.05) is 0 Å². The Bertz CT molecular complexity index is 690. The molecular formula is C16H19NO4. The van der Waals surface area contributed by atoms with Gasteiger partial charge in [0, 0.05) is 24.5 Å². The quantitative estimate of drug-likeness (QED) is 0.796. The molecule has 112 valence electrons. The second kappa shape index (κ2) is 6.92. The predicted molar refractivity (Wildman–Crippen MR) is 80.9 cm³/mol. The van der Waals surface area contributed by atoms with Crippen molar-refractivity contribution in [3.8, 4) is 5.75 Å². The van der Waals surface area contributed by atoms with Crippen LogP contribution in [0.4, 0.5) is 0 Å². The van der Waals surface area contributed by atoms with E-state index in [9.17, 15) is 9.59 Å². The minimum atomic E-state index is -0.802. The zero-order chi connectivity index (χ0) is 15.2. The molecule has 0 spiro atoms. The third-order valence-electron chi connectivity index (χ3n) is 3.30. The standard InChI is InChI=1S/C16H19NO4/c1-2-21-13-6-7-14-12(11-13)8-10-17(16(14)20)9-4-3-5-15(18)19/h6-8,10-11H,2-5,9H2,1H3,(H,18,19). The lowest BCUT2D eigenvalue weighted by atomic mass is 10.1. The fraction of sp³-hybridized carbons (Fsp3) is 0.375. The van der Waals surface area contributed by atoms with Crippen molar-refractivity contribution in [1.29, 1.82) is 0 Å². The van der Waals surface area contributed by atoms with Gasteiger partial charge >= 0.3 is 5.97 Å². The molecule has 0 atom stereocenters. The van der Waals surface area contributed by atoms with Crippen LogP contribution in [0.25, 0.3) is 10.8 Å². The van der Waals surface area contributed by atoms with E-state index in [2.05, 4.69) is 0 Å². The number of pyridine rings is 1. The lowest BCUT2D eigenvalue weighted by Crippen LogP contribution is -2.19. The molecule has 1 aromatic heterocycles. The SMILES string of the molecule is CCOc1ccc2c(=O)n(CCCCC(=O)O)ccc2c1. The Morgan fingerprint density at radius 3 is 2.81 bits per heavy atom. The van der Waals surface area contributed by atoms with Crippen LogP contribution in [0.3, 0.4) is 0 Å². The lowest BCUT2D eigenvalue weighted by Gasteiger charge is -2.08. The van der Waals surface area contributed by atoms with Gasteiger partial charge in [0.1, 0.15) is 5.75 Å². The highest BCUT2D eigenvalue weighted by Crippen LogP contribution is 2.18. The first-order valence-electron chi connectivity index (χ1n) is 7.09. The van der Waals surface area contributed by atoms with E-state index in [4.69, 9.17) is 9.84 Å². The fourth-order valence-electron chi connectivity index (χ4n) is 2.26. The molecule has 0 saturated heterocycles. The molecule has 1 aromatic carbocycles. The summed E-state index contributed by atoms with van der Waals surface area (Å²) in [4.78, 5) is 22.8. The summed E-state index contributed by atoms with van der Waals surface area (Å²) in [5, 5.41) is 10.1. The predicted octanol–water partition coefficient (Wildman–Crippen LogP) is 2.66. The maximum atomic E-state index is 12.3. The van der Waals surface area contributed by atoms with Crippen LogP contribution in [0.1, 0.15) is 26.2 Å². The Hall–Kier alpha value is -2.30. The van der Waals surface area contributed by atoms with E-state index in [-0.39, 0.29) is 12.0 Å². The first-order chi connectivity index (χ1) is 10.1. The van der Waals surface area contributed by atoms with Crippen LogP contribution in [-0.4, -0.2) is 22.2 Å². The van der Waals surface area contributed by atoms with E-state index in [1.165, 1.54) is 0 Å². The van der Waals surface area contributed by atoms with Crippen molar-refractivity contribution in [2.24, 2.45) is 0 Å². The highest BCUT2D eigenvalue weighted by atomic mass is 16.5. The second-order valence-electron chi connectivity index (χ2n) is 4.85. The molecule has 0 unspecified atom stereocenters. The van der Waals surface area contributed by atoms with Crippen molar-refractivity contribution < 1.29 is 14.6 Å². The number of hydrogen-bond acceptors (Lipinski definition) is 3. The third-order valence-corrected chi connectivity index (χ3v) is 3.30. The van der Waals surface area contributed by atoms with E-state index in [1.54, 1.807) is 22.9 Å². The lowest BCUT2D eigenvalue weighted by molar-refractivity contribution is -0.137. The van der Waals surface area contributed by atoms with Gasteiger partial charge in [-0.3, -0.25) is 9.59 Å². The maximum Gasteiger partial charge on any atom is 0.303 e. The average Bonchev–Trinajstić information content (AvgIpc) is 2.46. The summed E-state index contributed by atoms with van der Waals surface area (Å²) < 4.78 is 7.05. The van der Waals surface area contributed by atoms with Crippen molar-refractivity contribution in [2.75, 3.05) is 6.61 Å². The number of nitrogens with zero attached hydrogens (tertiary/aromatic N) is 1. The van der Waals surface area contributed by atoms with E-state index in [0.29, 0.717) is 31.4 Å². The first-order valence-corrected chi connectivity index (χ1v) is 7.09. The maximum absolute atomic E-state index is 12.3. The molecule has 0 bridgehead atoms. The Kier molecular flexibility index (Phi) is 4.98. The third kappa shape index (κ3) is 3.84. The van der Waals surface area contributed by atoms with Gasteiger partial charge in [0.2, 0.25) is 0 Å². The molecule has 21 heavy (non-hydrogen) atoms. The Balaban J connectivity index is 2.16. The van der Waals surface area contributed by atoms with Gasteiger partial charge in [-0.2, -0.15) is 0 Å². The highest BCUT2D eigenvalue weighted by molar-refractivity contribution is 5.82. The van der Waals surface area contributed by atoms with E-state index in [0.717, 1.165) is 11.1 Å². The molecule has 0 saturated carbocycles. The Morgan fingerprint density at radius 1 is 1.29 bits per heavy atom. The number of ether oxygens (including phenoxy) is 1. The molecule has 5 nitrogen and oxygen atoms in total. The van der Waals surface area contributed by atoms with Gasteiger partial charge in [0.25, 0.3) is 5.56 Å². The normalized spacial score (nSPS) is 10.7. The van der Waals surface area contributed by atoms with Crippen LogP contribution < -0.4 is 10.3 Å². The number of carboxylic acids is 1. The van der Waals surface area contributed by atoms with Gasteiger partial charge in [-0.05, 0) is 49.4 Å². The van der Waals surface area contributed by atoms with Crippen LogP contribution >= 0.6 is 0 Å². The molecule has 0 fully saturated rings. The van der Waals surface area contributed by atoms with E-state index < -0.39 is 5.97 Å². The molecule has 2 rings (SSSR count). The molecule has 0 radical (unpaired) electrons. The molecule has 1 N–H and O–H groups in total. The number of aromatic nitrogens is 1. The van der Waals surface area contributed by atoms with Gasteiger partial charge in [0.05, 0.1) is 6.61 Å². The van der Waals surface area contributed by atoms with Crippen LogP contribution in [0.5, 0.6) is 5.75 Å². The van der Waals surface area contributed by atoms with Gasteiger partial charge in [-0.25, -0.2) is 0 Å². The number of unbranched alkanes of at least 4 members (excludes halogenated alkanes) is 1. The number of carboxylic acid groups (broad SMARTS) is 1. The van der Waals surface area contributed by atoms with E-state index >= 15 is 0 Å². The van der Waals surface area contributed by atoms with Crippen molar-refractivity contribution in [3.05, 3.63) is 40.8 Å². The number of aliphatic carboxylic acids is 1. The summed E-state index contributed by atoms with van der Waals surface area (Å²) >= 11 is 0. The molecular weight excluding hydrogens is 270 g/mol. The van der Waals surface area contributed by atoms with Crippen LogP contribution in [0, 0.1) is 0 Å². The van der Waals surface area contributed by atoms with Crippen molar-refractivity contribution in [1.82, 2.24) is 4.57 Å². The smallest absolute Gasteiger partial charge is 0.303 e. The number of benzene rings is 1. The monoisotopic (exact) mass is 289 g/mol. The van der Waals surface area contributed by atoms with Gasteiger partial charge < -0.3 is 14.4 Å². The zero-order valence-electron chi connectivity index (χ0n) is 12.0. The zero-order valence-corrected chi connectivity index (χ0v) is 12.0. The molecule has 0 aliphatic heterocycles. The molecule has 0 aliphatic carbocycles. The summed E-state index contributed by atoms with van der Waals surface area (Å²) in [6, 6.07) is 7.31. The molecule has 0 amide bonds. The Labute approximate surface area is 122 Å². The van der Waals surface area contributed by atoms with E-state index in [1.807, 2.05) is 19.1 Å². The summed E-state index contributed by atoms with van der Waals surface area (Å²) in [5.41, 5.74) is -0.0501. The second-order valence-corrected chi connectivity index (χ2v) is 4.85. The molecule has 1 heterocycles. The minimum absolute atomic E-state index is 0.0501. The summed E-state index contributed by atoms with van der Waals surface area (Å²) in [5.74, 6) is -0.0482. The fourth-order valence-corrected chi connectivity index (χ4v) is 2.26. The van der Waals surface area contributed by atoms with Crippen molar-refractivity contribution in [3.63, 3.8) is 0 Å². The Morgan fingerprint density at radius 2 is 2.10 bits per heavy atom. The van der Waals surface area contributed by atoms with Crippen LogP contribution in [0.2, 0.25) is 0 Å². The molecule has 5 heteroatoms. The summed E-state index contributed by atoms with van der Waals surface area (Å²) in [7, 11) is 0. The minimum Gasteiger partial charge on any atom is -0.494 e. The van der Waals surface area contributed by atoms with Gasteiger partial charge in [0.15, 0.2) is 0 Å². The van der Waals surface area contributed by atoms with Crippen molar-refractivity contribution in [2.45, 2.75) is 32.7 Å². The van der Waals surface area contributed by atoms with Crippen LogP contribution in [-0.2, 0) is 11.3 Å². The summed E-state index contributed by atoms with van der Waals surface area (Å²) in [6.07, 6.45) is 3.14. The van der Waals surface area contributed by atoms with Crippen LogP contribution in [0.15, 0.2) is 35.3 Å².